The molecule has 10 heavy (non-hydrogen) atoms. The van der Waals surface area contributed by atoms with E-state index in [0.717, 1.165) is 12.8 Å². The minimum absolute atomic E-state index is 0.0000926. The van der Waals surface area contributed by atoms with Crippen molar-refractivity contribution < 1.29 is 5.11 Å². The summed E-state index contributed by atoms with van der Waals surface area (Å²) in [4.78, 5) is 0. The molecule has 1 saturated carbocycles. The SMILES string of the molecule is CCC1(CC)CCC(O)C1. The zero-order chi connectivity index (χ0) is 7.61. The normalized spacial score (nSPS) is 30.9. The fraction of sp³-hybridized carbons (Fsp3) is 1.00. The first-order valence-electron chi connectivity index (χ1n) is 4.40. The highest BCUT2D eigenvalue weighted by atomic mass is 16.3. The summed E-state index contributed by atoms with van der Waals surface area (Å²) in [5.41, 5.74) is 0.499. The smallest absolute Gasteiger partial charge is 0.0545 e. The zero-order valence-electron chi connectivity index (χ0n) is 7.06. The van der Waals surface area contributed by atoms with Gasteiger partial charge in [-0.05, 0) is 24.7 Å². The standard InChI is InChI=1S/C9H18O/c1-3-9(4-2)6-5-8(10)7-9/h8,10H,3-7H2,1-2H3. The van der Waals surface area contributed by atoms with Crippen LogP contribution in [0.3, 0.4) is 0 Å². The second-order valence-electron chi connectivity index (χ2n) is 3.60. The van der Waals surface area contributed by atoms with Crippen molar-refractivity contribution in [1.29, 1.82) is 0 Å². The number of aliphatic hydroxyl groups is 1. The van der Waals surface area contributed by atoms with Gasteiger partial charge in [0, 0.05) is 0 Å². The Kier molecular flexibility index (Phi) is 2.35. The van der Waals surface area contributed by atoms with Gasteiger partial charge in [-0.1, -0.05) is 26.7 Å². The number of rotatable bonds is 2. The Bertz CT molecular complexity index is 105. The molecule has 1 nitrogen and oxygen atoms in total. The molecule has 1 N–H and O–H groups in total. The lowest BCUT2D eigenvalue weighted by molar-refractivity contribution is 0.154. The van der Waals surface area contributed by atoms with Crippen molar-refractivity contribution in [2.45, 2.75) is 52.1 Å². The van der Waals surface area contributed by atoms with Gasteiger partial charge in [-0.15, -0.1) is 0 Å². The zero-order valence-corrected chi connectivity index (χ0v) is 7.06. The van der Waals surface area contributed by atoms with E-state index in [0.29, 0.717) is 5.41 Å². The van der Waals surface area contributed by atoms with Gasteiger partial charge in [0.25, 0.3) is 0 Å². The predicted octanol–water partition coefficient (Wildman–Crippen LogP) is 2.34. The molecular weight excluding hydrogens is 124 g/mol. The van der Waals surface area contributed by atoms with E-state index in [1.165, 1.54) is 19.3 Å². The molecule has 1 atom stereocenters. The average Bonchev–Trinajstić information content (AvgIpc) is 2.33. The fourth-order valence-corrected chi connectivity index (χ4v) is 2.07. The highest BCUT2D eigenvalue weighted by Crippen LogP contribution is 2.43. The Hall–Kier alpha value is -0.0400. The molecule has 1 aliphatic rings. The molecule has 1 heteroatoms. The summed E-state index contributed by atoms with van der Waals surface area (Å²) in [7, 11) is 0. The molecule has 0 bridgehead atoms. The van der Waals surface area contributed by atoms with Gasteiger partial charge in [-0.25, -0.2) is 0 Å². The summed E-state index contributed by atoms with van der Waals surface area (Å²) in [5.74, 6) is 0. The lowest BCUT2D eigenvalue weighted by Gasteiger charge is -2.25. The Labute approximate surface area is 63.4 Å². The molecule has 0 radical (unpaired) electrons. The van der Waals surface area contributed by atoms with Gasteiger partial charge >= 0.3 is 0 Å². The third-order valence-corrected chi connectivity index (χ3v) is 3.18. The number of aliphatic hydroxyl groups excluding tert-OH is 1. The van der Waals surface area contributed by atoms with Crippen molar-refractivity contribution in [2.24, 2.45) is 5.41 Å². The van der Waals surface area contributed by atoms with E-state index in [-0.39, 0.29) is 6.10 Å². The summed E-state index contributed by atoms with van der Waals surface area (Å²) in [6.07, 6.45) is 5.78. The van der Waals surface area contributed by atoms with Crippen LogP contribution in [0.25, 0.3) is 0 Å². The second kappa shape index (κ2) is 2.91. The second-order valence-corrected chi connectivity index (χ2v) is 3.60. The predicted molar refractivity (Wildman–Crippen MR) is 42.9 cm³/mol. The molecule has 0 saturated heterocycles. The van der Waals surface area contributed by atoms with E-state index in [9.17, 15) is 5.11 Å². The van der Waals surface area contributed by atoms with Gasteiger partial charge < -0.3 is 5.11 Å². The Balaban J connectivity index is 2.51. The highest BCUT2D eigenvalue weighted by Gasteiger charge is 2.34. The van der Waals surface area contributed by atoms with Crippen molar-refractivity contribution in [1.82, 2.24) is 0 Å². The van der Waals surface area contributed by atoms with E-state index in [4.69, 9.17) is 0 Å². The maximum absolute atomic E-state index is 9.33. The van der Waals surface area contributed by atoms with Crippen LogP contribution in [-0.2, 0) is 0 Å². The summed E-state index contributed by atoms with van der Waals surface area (Å²) in [6, 6.07) is 0. The van der Waals surface area contributed by atoms with Crippen molar-refractivity contribution in [2.75, 3.05) is 0 Å². The third kappa shape index (κ3) is 1.34. The molecule has 1 unspecified atom stereocenters. The van der Waals surface area contributed by atoms with Gasteiger partial charge in [-0.3, -0.25) is 0 Å². The quantitative estimate of drug-likeness (QED) is 0.627. The van der Waals surface area contributed by atoms with Gasteiger partial charge in [0.15, 0.2) is 0 Å². The molecule has 0 aromatic rings. The lowest BCUT2D eigenvalue weighted by atomic mass is 9.81. The maximum atomic E-state index is 9.33. The molecule has 1 fully saturated rings. The Morgan fingerprint density at radius 2 is 2.00 bits per heavy atom. The molecule has 0 spiro atoms. The minimum atomic E-state index is -0.0000926. The van der Waals surface area contributed by atoms with Crippen LogP contribution in [0.5, 0.6) is 0 Å². The molecule has 1 aliphatic carbocycles. The average molecular weight is 142 g/mol. The third-order valence-electron chi connectivity index (χ3n) is 3.18. The van der Waals surface area contributed by atoms with Crippen LogP contribution < -0.4 is 0 Å². The van der Waals surface area contributed by atoms with Crippen LogP contribution in [0.2, 0.25) is 0 Å². The van der Waals surface area contributed by atoms with E-state index >= 15 is 0 Å². The van der Waals surface area contributed by atoms with E-state index in [1.807, 2.05) is 0 Å². The van der Waals surface area contributed by atoms with E-state index in [2.05, 4.69) is 13.8 Å². The van der Waals surface area contributed by atoms with Gasteiger partial charge in [0.1, 0.15) is 0 Å². The molecule has 60 valence electrons. The summed E-state index contributed by atoms with van der Waals surface area (Å²) in [6.45, 7) is 4.48. The molecule has 1 rings (SSSR count). The monoisotopic (exact) mass is 142 g/mol. The molecule has 0 amide bonds. The molecular formula is C9H18O. The first kappa shape index (κ1) is 8.06. The number of hydrogen-bond acceptors (Lipinski definition) is 1. The molecule has 0 aliphatic heterocycles. The Morgan fingerprint density at radius 3 is 2.20 bits per heavy atom. The summed E-state index contributed by atoms with van der Waals surface area (Å²) >= 11 is 0. The molecule has 0 aromatic carbocycles. The summed E-state index contributed by atoms with van der Waals surface area (Å²) < 4.78 is 0. The van der Waals surface area contributed by atoms with E-state index < -0.39 is 0 Å². The molecule has 0 heterocycles. The van der Waals surface area contributed by atoms with Crippen LogP contribution in [0.15, 0.2) is 0 Å². The molecule has 0 aromatic heterocycles. The Morgan fingerprint density at radius 1 is 1.40 bits per heavy atom. The first-order chi connectivity index (χ1) is 4.72. The topological polar surface area (TPSA) is 20.2 Å². The van der Waals surface area contributed by atoms with Crippen molar-refractivity contribution >= 4 is 0 Å². The minimum Gasteiger partial charge on any atom is -0.393 e. The van der Waals surface area contributed by atoms with Crippen LogP contribution >= 0.6 is 0 Å². The van der Waals surface area contributed by atoms with Crippen molar-refractivity contribution in [3.8, 4) is 0 Å². The largest absolute Gasteiger partial charge is 0.393 e. The summed E-state index contributed by atoms with van der Waals surface area (Å²) in [5, 5.41) is 9.33. The van der Waals surface area contributed by atoms with Crippen LogP contribution in [0.4, 0.5) is 0 Å². The first-order valence-corrected chi connectivity index (χ1v) is 4.40. The van der Waals surface area contributed by atoms with Crippen LogP contribution in [0, 0.1) is 5.41 Å². The van der Waals surface area contributed by atoms with Crippen molar-refractivity contribution in [3.05, 3.63) is 0 Å². The van der Waals surface area contributed by atoms with Crippen molar-refractivity contribution in [3.63, 3.8) is 0 Å². The highest BCUT2D eigenvalue weighted by molar-refractivity contribution is 4.86. The number of hydrogen-bond donors (Lipinski definition) is 1. The van der Waals surface area contributed by atoms with Gasteiger partial charge in [-0.2, -0.15) is 0 Å². The van der Waals surface area contributed by atoms with Gasteiger partial charge in [0.05, 0.1) is 6.10 Å². The van der Waals surface area contributed by atoms with Crippen LogP contribution in [0.1, 0.15) is 46.0 Å². The van der Waals surface area contributed by atoms with E-state index in [1.54, 1.807) is 0 Å². The maximum Gasteiger partial charge on any atom is 0.0545 e. The fourth-order valence-electron chi connectivity index (χ4n) is 2.07. The van der Waals surface area contributed by atoms with Gasteiger partial charge in [0.2, 0.25) is 0 Å². The lowest BCUT2D eigenvalue weighted by Crippen LogP contribution is -2.15. The van der Waals surface area contributed by atoms with Crippen LogP contribution in [-0.4, -0.2) is 11.2 Å².